The minimum atomic E-state index is -1.04. The van der Waals surface area contributed by atoms with E-state index in [9.17, 15) is 14.4 Å². The van der Waals surface area contributed by atoms with Crippen LogP contribution in [0.5, 0.6) is 0 Å². The molecule has 1 fully saturated rings. The minimum Gasteiger partial charge on any atom is -0.326 e. The number of rotatable bonds is 5. The Kier molecular flexibility index (Phi) is 4.99. The van der Waals surface area contributed by atoms with Crippen LogP contribution in [0.3, 0.4) is 0 Å². The largest absolute Gasteiger partial charge is 0.326 e. The standard InChI is InChI=1S/C21H23N3O3/c1-13-9-14(2)11-18(10-13)24-20(27)21(7-8-21)19(26)23-17-6-4-5-16(12-17)22-15(3)25/h4-6,9-12H,7-8H2,1-3H3,(H,22,25)(H,23,26)(H,24,27). The highest BCUT2D eigenvalue weighted by Crippen LogP contribution is 2.47. The predicted molar refractivity (Wildman–Crippen MR) is 106 cm³/mol. The smallest absolute Gasteiger partial charge is 0.240 e. The summed E-state index contributed by atoms with van der Waals surface area (Å²) in [6, 6.07) is 12.6. The van der Waals surface area contributed by atoms with Gasteiger partial charge in [0.1, 0.15) is 5.41 Å². The molecule has 0 aliphatic heterocycles. The number of hydrogen-bond donors (Lipinski definition) is 3. The van der Waals surface area contributed by atoms with Crippen LogP contribution in [0.15, 0.2) is 42.5 Å². The lowest BCUT2D eigenvalue weighted by Gasteiger charge is -2.16. The van der Waals surface area contributed by atoms with Crippen LogP contribution in [0.1, 0.15) is 30.9 Å². The lowest BCUT2D eigenvalue weighted by atomic mass is 10.0. The van der Waals surface area contributed by atoms with Crippen LogP contribution in [-0.2, 0) is 14.4 Å². The van der Waals surface area contributed by atoms with Crippen LogP contribution in [0, 0.1) is 19.3 Å². The summed E-state index contributed by atoms with van der Waals surface area (Å²) < 4.78 is 0. The van der Waals surface area contributed by atoms with Gasteiger partial charge in [-0.1, -0.05) is 12.1 Å². The third kappa shape index (κ3) is 4.34. The SMILES string of the molecule is CC(=O)Nc1cccc(NC(=O)C2(C(=O)Nc3cc(C)cc(C)c3)CC2)c1. The van der Waals surface area contributed by atoms with Gasteiger partial charge in [-0.25, -0.2) is 0 Å². The van der Waals surface area contributed by atoms with Gasteiger partial charge in [-0.2, -0.15) is 0 Å². The molecule has 6 nitrogen and oxygen atoms in total. The molecule has 1 aliphatic rings. The number of carbonyl (C=O) groups excluding carboxylic acids is 3. The molecule has 0 heterocycles. The summed E-state index contributed by atoms with van der Waals surface area (Å²) in [6.07, 6.45) is 1.03. The van der Waals surface area contributed by atoms with Gasteiger partial charge >= 0.3 is 0 Å². The second-order valence-corrected chi connectivity index (χ2v) is 7.13. The summed E-state index contributed by atoms with van der Waals surface area (Å²) in [5, 5.41) is 8.34. The lowest BCUT2D eigenvalue weighted by molar-refractivity contribution is -0.131. The van der Waals surface area contributed by atoms with Gasteiger partial charge in [-0.3, -0.25) is 14.4 Å². The van der Waals surface area contributed by atoms with Crippen molar-refractivity contribution >= 4 is 34.8 Å². The van der Waals surface area contributed by atoms with E-state index >= 15 is 0 Å². The Bertz CT molecular complexity index is 896. The molecule has 2 aromatic carbocycles. The van der Waals surface area contributed by atoms with E-state index in [1.165, 1.54) is 6.92 Å². The van der Waals surface area contributed by atoms with E-state index < -0.39 is 5.41 Å². The summed E-state index contributed by atoms with van der Waals surface area (Å²) in [7, 11) is 0. The Hall–Kier alpha value is -3.15. The fraction of sp³-hybridized carbons (Fsp3) is 0.286. The van der Waals surface area contributed by atoms with Crippen molar-refractivity contribution in [3.63, 3.8) is 0 Å². The fourth-order valence-corrected chi connectivity index (χ4v) is 3.11. The van der Waals surface area contributed by atoms with Gasteiger partial charge in [0.15, 0.2) is 0 Å². The first-order valence-electron chi connectivity index (χ1n) is 8.87. The first kappa shape index (κ1) is 18.6. The fourth-order valence-electron chi connectivity index (χ4n) is 3.11. The van der Waals surface area contributed by atoms with Crippen LogP contribution in [0.2, 0.25) is 0 Å². The zero-order chi connectivity index (χ0) is 19.6. The van der Waals surface area contributed by atoms with Crippen LogP contribution < -0.4 is 16.0 Å². The van der Waals surface area contributed by atoms with Gasteiger partial charge in [0, 0.05) is 24.0 Å². The van der Waals surface area contributed by atoms with Gasteiger partial charge in [-0.15, -0.1) is 0 Å². The van der Waals surface area contributed by atoms with Crippen molar-refractivity contribution in [3.8, 4) is 0 Å². The molecular weight excluding hydrogens is 342 g/mol. The van der Waals surface area contributed by atoms with E-state index in [-0.39, 0.29) is 17.7 Å². The van der Waals surface area contributed by atoms with E-state index in [1.807, 2.05) is 32.0 Å². The molecule has 0 spiro atoms. The molecule has 3 rings (SSSR count). The number of anilines is 3. The Morgan fingerprint density at radius 1 is 0.778 bits per heavy atom. The topological polar surface area (TPSA) is 87.3 Å². The summed E-state index contributed by atoms with van der Waals surface area (Å²) in [6.45, 7) is 5.34. The minimum absolute atomic E-state index is 0.190. The molecule has 0 aromatic heterocycles. The average Bonchev–Trinajstić information content (AvgIpc) is 3.35. The quantitative estimate of drug-likeness (QED) is 0.707. The van der Waals surface area contributed by atoms with Crippen molar-refractivity contribution in [1.29, 1.82) is 0 Å². The predicted octanol–water partition coefficient (Wildman–Crippen LogP) is 3.62. The maximum absolute atomic E-state index is 12.7. The van der Waals surface area contributed by atoms with E-state index in [2.05, 4.69) is 16.0 Å². The summed E-state index contributed by atoms with van der Waals surface area (Å²) in [5.74, 6) is -0.808. The third-order valence-corrected chi connectivity index (χ3v) is 4.54. The molecular formula is C21H23N3O3. The Morgan fingerprint density at radius 3 is 1.81 bits per heavy atom. The van der Waals surface area contributed by atoms with Gasteiger partial charge in [-0.05, 0) is 68.1 Å². The maximum Gasteiger partial charge on any atom is 0.240 e. The number of amides is 3. The van der Waals surface area contributed by atoms with Crippen LogP contribution in [0.25, 0.3) is 0 Å². The van der Waals surface area contributed by atoms with Gasteiger partial charge in [0.2, 0.25) is 17.7 Å². The number of benzene rings is 2. The number of nitrogens with one attached hydrogen (secondary N) is 3. The van der Waals surface area contributed by atoms with Crippen molar-refractivity contribution in [3.05, 3.63) is 53.6 Å². The monoisotopic (exact) mass is 365 g/mol. The highest BCUT2D eigenvalue weighted by molar-refractivity contribution is 6.17. The highest BCUT2D eigenvalue weighted by Gasteiger charge is 2.56. The molecule has 27 heavy (non-hydrogen) atoms. The zero-order valence-electron chi connectivity index (χ0n) is 15.7. The van der Waals surface area contributed by atoms with Gasteiger partial charge in [0.05, 0.1) is 0 Å². The summed E-state index contributed by atoms with van der Waals surface area (Å²) in [5.41, 5.74) is 2.89. The number of hydrogen-bond acceptors (Lipinski definition) is 3. The van der Waals surface area contributed by atoms with E-state index in [1.54, 1.807) is 24.3 Å². The molecule has 6 heteroatoms. The highest BCUT2D eigenvalue weighted by atomic mass is 16.2. The molecule has 2 aromatic rings. The average molecular weight is 365 g/mol. The summed E-state index contributed by atoms with van der Waals surface area (Å²) in [4.78, 5) is 36.6. The maximum atomic E-state index is 12.7. The molecule has 140 valence electrons. The van der Waals surface area contributed by atoms with Crippen molar-refractivity contribution in [2.45, 2.75) is 33.6 Å². The number of aryl methyl sites for hydroxylation is 2. The molecule has 0 bridgehead atoms. The van der Waals surface area contributed by atoms with Crippen LogP contribution in [0.4, 0.5) is 17.1 Å². The van der Waals surface area contributed by atoms with Crippen molar-refractivity contribution < 1.29 is 14.4 Å². The van der Waals surface area contributed by atoms with E-state index in [0.717, 1.165) is 11.1 Å². The molecule has 3 amide bonds. The Morgan fingerprint density at radius 2 is 1.30 bits per heavy atom. The van der Waals surface area contributed by atoms with Crippen molar-refractivity contribution in [1.82, 2.24) is 0 Å². The summed E-state index contributed by atoms with van der Waals surface area (Å²) >= 11 is 0. The van der Waals surface area contributed by atoms with Crippen LogP contribution in [-0.4, -0.2) is 17.7 Å². The second kappa shape index (κ2) is 7.23. The molecule has 1 aliphatic carbocycles. The van der Waals surface area contributed by atoms with E-state index in [4.69, 9.17) is 0 Å². The Labute approximate surface area is 158 Å². The molecule has 1 saturated carbocycles. The second-order valence-electron chi connectivity index (χ2n) is 7.13. The van der Waals surface area contributed by atoms with Crippen molar-refractivity contribution in [2.24, 2.45) is 5.41 Å². The number of carbonyl (C=O) groups is 3. The van der Waals surface area contributed by atoms with Crippen molar-refractivity contribution in [2.75, 3.05) is 16.0 Å². The third-order valence-electron chi connectivity index (χ3n) is 4.54. The first-order valence-corrected chi connectivity index (χ1v) is 8.87. The van der Waals surface area contributed by atoms with Gasteiger partial charge < -0.3 is 16.0 Å². The van der Waals surface area contributed by atoms with Gasteiger partial charge in [0.25, 0.3) is 0 Å². The molecule has 0 radical (unpaired) electrons. The molecule has 0 atom stereocenters. The lowest BCUT2D eigenvalue weighted by Crippen LogP contribution is -2.35. The molecule has 0 saturated heterocycles. The first-order chi connectivity index (χ1) is 12.8. The zero-order valence-corrected chi connectivity index (χ0v) is 15.7. The Balaban J connectivity index is 1.70. The van der Waals surface area contributed by atoms with Crippen LogP contribution >= 0.6 is 0 Å². The molecule has 0 unspecified atom stereocenters. The normalized spacial score (nSPS) is 14.2. The molecule has 3 N–H and O–H groups in total. The van der Waals surface area contributed by atoms with E-state index in [0.29, 0.717) is 29.9 Å².